The lowest BCUT2D eigenvalue weighted by Gasteiger charge is -2.05. The standard InChI is InChI=1S/C12H10N2O2/c1-16-11-4-3-9(7-10(11)8-15)12-13-5-2-6-14-12/h2-8H,1H3. The molecule has 1 aromatic heterocycles. The van der Waals surface area contributed by atoms with Gasteiger partial charge in [0.05, 0.1) is 12.7 Å². The normalized spacial score (nSPS) is 9.81. The van der Waals surface area contributed by atoms with Gasteiger partial charge in [-0.15, -0.1) is 0 Å². The molecule has 0 atom stereocenters. The third-order valence-electron chi connectivity index (χ3n) is 2.18. The number of carbonyl (C=O) groups excluding carboxylic acids is 1. The Morgan fingerprint density at radius 1 is 1.25 bits per heavy atom. The summed E-state index contributed by atoms with van der Waals surface area (Å²) in [5, 5.41) is 0. The SMILES string of the molecule is COc1ccc(-c2ncccn2)cc1C=O. The second-order valence-electron chi connectivity index (χ2n) is 3.15. The van der Waals surface area contributed by atoms with Gasteiger partial charge >= 0.3 is 0 Å². The highest BCUT2D eigenvalue weighted by atomic mass is 16.5. The molecule has 0 spiro atoms. The van der Waals surface area contributed by atoms with Gasteiger partial charge in [-0.1, -0.05) is 0 Å². The van der Waals surface area contributed by atoms with Gasteiger partial charge in [-0.25, -0.2) is 9.97 Å². The van der Waals surface area contributed by atoms with Crippen LogP contribution in [0.2, 0.25) is 0 Å². The quantitative estimate of drug-likeness (QED) is 0.733. The Kier molecular flexibility index (Phi) is 2.91. The first-order chi connectivity index (χ1) is 7.85. The molecule has 0 N–H and O–H groups in total. The highest BCUT2D eigenvalue weighted by Crippen LogP contribution is 2.22. The zero-order chi connectivity index (χ0) is 11.4. The second-order valence-corrected chi connectivity index (χ2v) is 3.15. The van der Waals surface area contributed by atoms with E-state index in [0.29, 0.717) is 17.1 Å². The van der Waals surface area contributed by atoms with Crippen LogP contribution in [-0.4, -0.2) is 23.4 Å². The highest BCUT2D eigenvalue weighted by molar-refractivity contribution is 5.82. The Bertz CT molecular complexity index is 498. The van der Waals surface area contributed by atoms with Crippen molar-refractivity contribution in [3.8, 4) is 17.1 Å². The Morgan fingerprint density at radius 2 is 2.00 bits per heavy atom. The first-order valence-corrected chi connectivity index (χ1v) is 4.76. The maximum absolute atomic E-state index is 10.8. The molecule has 0 aliphatic heterocycles. The van der Waals surface area contributed by atoms with Crippen molar-refractivity contribution in [2.75, 3.05) is 7.11 Å². The molecule has 0 aliphatic rings. The Labute approximate surface area is 92.9 Å². The lowest BCUT2D eigenvalue weighted by molar-refractivity contribution is 0.112. The number of methoxy groups -OCH3 is 1. The van der Waals surface area contributed by atoms with E-state index < -0.39 is 0 Å². The smallest absolute Gasteiger partial charge is 0.159 e. The molecule has 1 aromatic carbocycles. The molecule has 4 heteroatoms. The molecule has 0 radical (unpaired) electrons. The first-order valence-electron chi connectivity index (χ1n) is 4.76. The van der Waals surface area contributed by atoms with Gasteiger partial charge in [0.1, 0.15) is 5.75 Å². The summed E-state index contributed by atoms with van der Waals surface area (Å²) >= 11 is 0. The molecule has 0 bridgehead atoms. The predicted octanol–water partition coefficient (Wildman–Crippen LogP) is 1.96. The van der Waals surface area contributed by atoms with Crippen molar-refractivity contribution < 1.29 is 9.53 Å². The van der Waals surface area contributed by atoms with Gasteiger partial charge in [0.25, 0.3) is 0 Å². The van der Waals surface area contributed by atoms with Crippen molar-refractivity contribution in [3.63, 3.8) is 0 Å². The molecule has 4 nitrogen and oxygen atoms in total. The highest BCUT2D eigenvalue weighted by Gasteiger charge is 2.06. The van der Waals surface area contributed by atoms with Crippen LogP contribution in [0, 0.1) is 0 Å². The minimum absolute atomic E-state index is 0.493. The van der Waals surface area contributed by atoms with Crippen molar-refractivity contribution in [1.82, 2.24) is 9.97 Å². The molecule has 2 rings (SSSR count). The first kappa shape index (κ1) is 10.3. The molecule has 0 unspecified atom stereocenters. The Morgan fingerprint density at radius 3 is 2.62 bits per heavy atom. The molecule has 0 saturated carbocycles. The number of aldehydes is 1. The summed E-state index contributed by atoms with van der Waals surface area (Å²) in [6.07, 6.45) is 4.07. The number of hydrogen-bond acceptors (Lipinski definition) is 4. The fraction of sp³-hybridized carbons (Fsp3) is 0.0833. The van der Waals surface area contributed by atoms with Crippen LogP contribution >= 0.6 is 0 Å². The van der Waals surface area contributed by atoms with Crippen LogP contribution in [0.3, 0.4) is 0 Å². The molecular weight excluding hydrogens is 204 g/mol. The van der Waals surface area contributed by atoms with Crippen molar-refractivity contribution in [2.45, 2.75) is 0 Å². The van der Waals surface area contributed by atoms with E-state index in [9.17, 15) is 4.79 Å². The molecule has 16 heavy (non-hydrogen) atoms. The van der Waals surface area contributed by atoms with E-state index in [1.165, 1.54) is 7.11 Å². The lowest BCUT2D eigenvalue weighted by atomic mass is 10.1. The zero-order valence-corrected chi connectivity index (χ0v) is 8.75. The maximum atomic E-state index is 10.8. The summed E-state index contributed by atoms with van der Waals surface area (Å²) in [6, 6.07) is 7.01. The van der Waals surface area contributed by atoms with E-state index in [0.717, 1.165) is 11.8 Å². The van der Waals surface area contributed by atoms with Gasteiger partial charge in [-0.2, -0.15) is 0 Å². The second kappa shape index (κ2) is 4.53. The number of benzene rings is 1. The number of ether oxygens (including phenoxy) is 1. The van der Waals surface area contributed by atoms with Crippen molar-refractivity contribution in [2.24, 2.45) is 0 Å². The minimum atomic E-state index is 0.493. The number of rotatable bonds is 3. The summed E-state index contributed by atoms with van der Waals surface area (Å²) in [6.45, 7) is 0. The lowest BCUT2D eigenvalue weighted by Crippen LogP contribution is -1.93. The largest absolute Gasteiger partial charge is 0.496 e. The van der Waals surface area contributed by atoms with E-state index in [-0.39, 0.29) is 0 Å². The molecule has 80 valence electrons. The van der Waals surface area contributed by atoms with E-state index in [1.807, 2.05) is 6.07 Å². The van der Waals surface area contributed by atoms with Gasteiger partial charge in [0.2, 0.25) is 0 Å². The average Bonchev–Trinajstić information content (AvgIpc) is 2.39. The summed E-state index contributed by atoms with van der Waals surface area (Å²) in [7, 11) is 1.53. The van der Waals surface area contributed by atoms with Gasteiger partial charge < -0.3 is 4.74 Å². The number of nitrogens with zero attached hydrogens (tertiary/aromatic N) is 2. The molecular formula is C12H10N2O2. The average molecular weight is 214 g/mol. The molecule has 0 saturated heterocycles. The molecule has 2 aromatic rings. The van der Waals surface area contributed by atoms with Crippen LogP contribution in [0.1, 0.15) is 10.4 Å². The molecule has 1 heterocycles. The third-order valence-corrected chi connectivity index (χ3v) is 2.18. The minimum Gasteiger partial charge on any atom is -0.496 e. The van der Waals surface area contributed by atoms with Gasteiger partial charge in [-0.05, 0) is 24.3 Å². The zero-order valence-electron chi connectivity index (χ0n) is 8.75. The van der Waals surface area contributed by atoms with Crippen LogP contribution in [0.25, 0.3) is 11.4 Å². The van der Waals surface area contributed by atoms with Crippen LogP contribution in [-0.2, 0) is 0 Å². The summed E-state index contributed by atoms with van der Waals surface area (Å²) in [5.74, 6) is 1.14. The fourth-order valence-electron chi connectivity index (χ4n) is 1.41. The van der Waals surface area contributed by atoms with Crippen molar-refractivity contribution in [1.29, 1.82) is 0 Å². The Hall–Kier alpha value is -2.23. The monoisotopic (exact) mass is 214 g/mol. The Balaban J connectivity index is 2.48. The van der Waals surface area contributed by atoms with Crippen LogP contribution in [0.15, 0.2) is 36.7 Å². The molecule has 0 aliphatic carbocycles. The van der Waals surface area contributed by atoms with Crippen LogP contribution < -0.4 is 4.74 Å². The third kappa shape index (κ3) is 1.91. The topological polar surface area (TPSA) is 52.1 Å². The summed E-state index contributed by atoms with van der Waals surface area (Å²) in [5.41, 5.74) is 1.29. The van der Waals surface area contributed by atoms with E-state index in [2.05, 4.69) is 9.97 Å². The van der Waals surface area contributed by atoms with Crippen LogP contribution in [0.4, 0.5) is 0 Å². The van der Waals surface area contributed by atoms with E-state index in [4.69, 9.17) is 4.74 Å². The molecule has 0 amide bonds. The number of aromatic nitrogens is 2. The van der Waals surface area contributed by atoms with E-state index in [1.54, 1.807) is 30.6 Å². The summed E-state index contributed by atoms with van der Waals surface area (Å²) < 4.78 is 5.06. The van der Waals surface area contributed by atoms with Gasteiger partial charge in [-0.3, -0.25) is 4.79 Å². The maximum Gasteiger partial charge on any atom is 0.159 e. The summed E-state index contributed by atoms with van der Waals surface area (Å²) in [4.78, 5) is 19.1. The molecule has 0 fully saturated rings. The van der Waals surface area contributed by atoms with Crippen molar-refractivity contribution >= 4 is 6.29 Å². The number of carbonyl (C=O) groups is 1. The van der Waals surface area contributed by atoms with Crippen LogP contribution in [0.5, 0.6) is 5.75 Å². The van der Waals surface area contributed by atoms with Crippen molar-refractivity contribution in [3.05, 3.63) is 42.2 Å². The number of hydrogen-bond donors (Lipinski definition) is 0. The van der Waals surface area contributed by atoms with E-state index >= 15 is 0 Å². The fourth-order valence-corrected chi connectivity index (χ4v) is 1.41. The predicted molar refractivity (Wildman–Crippen MR) is 59.4 cm³/mol. The van der Waals surface area contributed by atoms with Gasteiger partial charge in [0, 0.05) is 18.0 Å². The van der Waals surface area contributed by atoms with Gasteiger partial charge in [0.15, 0.2) is 12.1 Å².